The highest BCUT2D eigenvalue weighted by Gasteiger charge is 2.35. The number of benzene rings is 2. The van der Waals surface area contributed by atoms with Crippen molar-refractivity contribution >= 4 is 22.9 Å². The molecule has 2 aromatic carbocycles. The number of hydrogen-bond donors (Lipinski definition) is 2. The lowest BCUT2D eigenvalue weighted by molar-refractivity contribution is 0.0976. The molecule has 0 saturated heterocycles. The van der Waals surface area contributed by atoms with Crippen molar-refractivity contribution in [1.82, 2.24) is 0 Å². The van der Waals surface area contributed by atoms with E-state index in [9.17, 15) is 19.8 Å². The molecular weight excluding hydrogens is 328 g/mol. The Balaban J connectivity index is 1.98. The van der Waals surface area contributed by atoms with Gasteiger partial charge in [-0.1, -0.05) is 24.3 Å². The van der Waals surface area contributed by atoms with Crippen LogP contribution >= 0.6 is 11.3 Å². The number of rotatable bonds is 2. The van der Waals surface area contributed by atoms with E-state index in [-0.39, 0.29) is 28.0 Å². The van der Waals surface area contributed by atoms with Crippen LogP contribution in [-0.4, -0.2) is 21.8 Å². The van der Waals surface area contributed by atoms with Crippen molar-refractivity contribution in [3.8, 4) is 22.3 Å². The van der Waals surface area contributed by atoms with Gasteiger partial charge in [0.05, 0.1) is 5.56 Å². The van der Waals surface area contributed by atoms with Crippen molar-refractivity contribution in [1.29, 1.82) is 0 Å². The SMILES string of the molecule is O=C1c2ccccc2C(=O)c2c1cc(O)c(O)c2Oc1cccs1. The maximum Gasteiger partial charge on any atom is 0.202 e. The monoisotopic (exact) mass is 338 g/mol. The van der Waals surface area contributed by atoms with E-state index in [0.29, 0.717) is 5.06 Å². The number of phenols is 2. The first-order chi connectivity index (χ1) is 11.6. The molecule has 4 rings (SSSR count). The lowest BCUT2D eigenvalue weighted by Gasteiger charge is -2.21. The minimum absolute atomic E-state index is 0.0144. The number of hydrogen-bond acceptors (Lipinski definition) is 6. The van der Waals surface area contributed by atoms with E-state index < -0.39 is 23.1 Å². The Kier molecular flexibility index (Phi) is 3.14. The smallest absolute Gasteiger partial charge is 0.202 e. The van der Waals surface area contributed by atoms with E-state index in [0.717, 1.165) is 6.07 Å². The molecule has 6 heteroatoms. The second kappa shape index (κ2) is 5.21. The van der Waals surface area contributed by atoms with Crippen LogP contribution < -0.4 is 4.74 Å². The van der Waals surface area contributed by atoms with E-state index >= 15 is 0 Å². The molecule has 0 saturated carbocycles. The van der Waals surface area contributed by atoms with Crippen LogP contribution in [0.25, 0.3) is 0 Å². The van der Waals surface area contributed by atoms with Gasteiger partial charge in [0, 0.05) is 16.7 Å². The Labute approximate surface area is 140 Å². The average molecular weight is 338 g/mol. The zero-order valence-electron chi connectivity index (χ0n) is 12.1. The summed E-state index contributed by atoms with van der Waals surface area (Å²) in [4.78, 5) is 25.5. The van der Waals surface area contributed by atoms with Crippen molar-refractivity contribution in [2.75, 3.05) is 0 Å². The van der Waals surface area contributed by atoms with Crippen molar-refractivity contribution < 1.29 is 24.5 Å². The van der Waals surface area contributed by atoms with Gasteiger partial charge in [0.1, 0.15) is 0 Å². The Morgan fingerprint density at radius 1 is 0.875 bits per heavy atom. The van der Waals surface area contributed by atoms with Gasteiger partial charge >= 0.3 is 0 Å². The Morgan fingerprint density at radius 2 is 1.58 bits per heavy atom. The molecule has 0 aliphatic heterocycles. The summed E-state index contributed by atoms with van der Waals surface area (Å²) in [6.07, 6.45) is 0. The molecule has 118 valence electrons. The highest BCUT2D eigenvalue weighted by molar-refractivity contribution is 7.11. The number of ketones is 2. The van der Waals surface area contributed by atoms with Crippen LogP contribution in [0.1, 0.15) is 31.8 Å². The third-order valence-corrected chi connectivity index (χ3v) is 4.57. The summed E-state index contributed by atoms with van der Waals surface area (Å²) in [6, 6.07) is 10.9. The molecule has 0 amide bonds. The molecule has 24 heavy (non-hydrogen) atoms. The van der Waals surface area contributed by atoms with E-state index in [1.165, 1.54) is 11.3 Å². The van der Waals surface area contributed by atoms with Gasteiger partial charge in [-0.15, -0.1) is 11.3 Å². The number of fused-ring (bicyclic) bond motifs is 2. The van der Waals surface area contributed by atoms with Gasteiger partial charge in [0.15, 0.2) is 28.1 Å². The minimum Gasteiger partial charge on any atom is -0.504 e. The zero-order valence-corrected chi connectivity index (χ0v) is 13.0. The Morgan fingerprint density at radius 3 is 2.25 bits per heavy atom. The predicted molar refractivity (Wildman–Crippen MR) is 87.5 cm³/mol. The third-order valence-electron chi connectivity index (χ3n) is 3.82. The standard InChI is InChI=1S/C18H10O5S/c19-12-8-11-14(18(17(12)22)23-13-6-3-7-24-13)16(21)10-5-2-1-4-9(10)15(11)20/h1-8,19,22H. The number of aromatic hydroxyl groups is 2. The molecule has 0 fully saturated rings. The number of thiophene rings is 1. The number of ether oxygens (including phenoxy) is 1. The maximum atomic E-state index is 12.8. The van der Waals surface area contributed by atoms with Crippen LogP contribution in [-0.2, 0) is 0 Å². The Hall–Kier alpha value is -3.12. The highest BCUT2D eigenvalue weighted by atomic mass is 32.1. The maximum absolute atomic E-state index is 12.8. The first-order valence-corrected chi connectivity index (χ1v) is 7.94. The van der Waals surface area contributed by atoms with Gasteiger partial charge in [-0.25, -0.2) is 0 Å². The topological polar surface area (TPSA) is 83.8 Å². The molecule has 1 aliphatic rings. The molecule has 5 nitrogen and oxygen atoms in total. The van der Waals surface area contributed by atoms with Crippen molar-refractivity contribution in [3.63, 3.8) is 0 Å². The molecule has 2 N–H and O–H groups in total. The van der Waals surface area contributed by atoms with E-state index in [1.54, 1.807) is 41.8 Å². The number of carbonyl (C=O) groups is 2. The first-order valence-electron chi connectivity index (χ1n) is 7.06. The molecule has 1 aliphatic carbocycles. The largest absolute Gasteiger partial charge is 0.504 e. The Bertz CT molecular complexity index is 989. The molecule has 0 radical (unpaired) electrons. The van der Waals surface area contributed by atoms with Crippen LogP contribution in [0.3, 0.4) is 0 Å². The summed E-state index contributed by atoms with van der Waals surface area (Å²) < 4.78 is 5.60. The van der Waals surface area contributed by atoms with Gasteiger partial charge in [-0.2, -0.15) is 0 Å². The van der Waals surface area contributed by atoms with Gasteiger partial charge < -0.3 is 14.9 Å². The second-order valence-corrected chi connectivity index (χ2v) is 6.14. The summed E-state index contributed by atoms with van der Waals surface area (Å²) in [7, 11) is 0. The molecule has 0 atom stereocenters. The fraction of sp³-hybridized carbons (Fsp3) is 0. The fourth-order valence-corrected chi connectivity index (χ4v) is 3.30. The van der Waals surface area contributed by atoms with Crippen molar-refractivity contribution in [3.05, 3.63) is 70.1 Å². The average Bonchev–Trinajstić information content (AvgIpc) is 3.10. The van der Waals surface area contributed by atoms with Gasteiger partial charge in [0.25, 0.3) is 0 Å². The summed E-state index contributed by atoms with van der Waals surface area (Å²) in [5.74, 6) is -2.11. The van der Waals surface area contributed by atoms with Gasteiger partial charge in [0.2, 0.25) is 5.75 Å². The van der Waals surface area contributed by atoms with Crippen LogP contribution in [0.2, 0.25) is 0 Å². The molecule has 0 unspecified atom stereocenters. The summed E-state index contributed by atoms with van der Waals surface area (Å²) in [5, 5.41) is 22.3. The molecule has 3 aromatic rings. The lowest BCUT2D eigenvalue weighted by atomic mass is 9.83. The van der Waals surface area contributed by atoms with Crippen LogP contribution in [0.5, 0.6) is 22.3 Å². The molecule has 0 bridgehead atoms. The van der Waals surface area contributed by atoms with Crippen molar-refractivity contribution in [2.45, 2.75) is 0 Å². The zero-order chi connectivity index (χ0) is 16.8. The van der Waals surface area contributed by atoms with E-state index in [2.05, 4.69) is 0 Å². The second-order valence-electron chi connectivity index (χ2n) is 5.23. The van der Waals surface area contributed by atoms with Crippen molar-refractivity contribution in [2.24, 2.45) is 0 Å². The fourth-order valence-electron chi connectivity index (χ4n) is 2.72. The molecular formula is C18H10O5S. The summed E-state index contributed by atoms with van der Waals surface area (Å²) >= 11 is 1.26. The molecule has 1 aromatic heterocycles. The summed E-state index contributed by atoms with van der Waals surface area (Å²) in [6.45, 7) is 0. The first kappa shape index (κ1) is 14.5. The predicted octanol–water partition coefficient (Wildman–Crippen LogP) is 3.73. The van der Waals surface area contributed by atoms with Crippen LogP contribution in [0.15, 0.2) is 47.8 Å². The lowest BCUT2D eigenvalue weighted by Crippen LogP contribution is -2.21. The number of phenolic OH excluding ortho intramolecular Hbond substituents is 2. The normalized spacial score (nSPS) is 12.7. The van der Waals surface area contributed by atoms with Crippen LogP contribution in [0, 0.1) is 0 Å². The van der Waals surface area contributed by atoms with Crippen LogP contribution in [0.4, 0.5) is 0 Å². The highest BCUT2D eigenvalue weighted by Crippen LogP contribution is 2.46. The van der Waals surface area contributed by atoms with Gasteiger partial charge in [-0.05, 0) is 23.6 Å². The third kappa shape index (κ3) is 2.00. The van der Waals surface area contributed by atoms with E-state index in [4.69, 9.17) is 4.74 Å². The quantitative estimate of drug-likeness (QED) is 0.544. The number of carbonyl (C=O) groups excluding carboxylic acids is 2. The summed E-state index contributed by atoms with van der Waals surface area (Å²) in [5.41, 5.74) is 0.487. The molecule has 1 heterocycles. The van der Waals surface area contributed by atoms with Gasteiger partial charge in [-0.3, -0.25) is 9.59 Å². The van der Waals surface area contributed by atoms with E-state index in [1.807, 2.05) is 0 Å². The molecule has 0 spiro atoms. The minimum atomic E-state index is -0.567.